The highest BCUT2D eigenvalue weighted by molar-refractivity contribution is 8.00. The number of benzene rings is 1. The predicted octanol–water partition coefficient (Wildman–Crippen LogP) is 1.26. The molecular formula is C14H15FNO3S-. The van der Waals surface area contributed by atoms with Crippen LogP contribution in [0.4, 0.5) is 4.39 Å². The minimum atomic E-state index is -1.29. The lowest BCUT2D eigenvalue weighted by Gasteiger charge is -2.30. The fourth-order valence-corrected chi connectivity index (χ4v) is 3.77. The van der Waals surface area contributed by atoms with E-state index in [0.717, 1.165) is 6.42 Å². The Morgan fingerprint density at radius 3 is 2.75 bits per heavy atom. The van der Waals surface area contributed by atoms with Crippen LogP contribution in [0.1, 0.15) is 30.1 Å². The maximum Gasteiger partial charge on any atom is 0.258 e. The van der Waals surface area contributed by atoms with Gasteiger partial charge in [-0.15, -0.1) is 11.8 Å². The molecule has 0 spiro atoms. The van der Waals surface area contributed by atoms with Crippen LogP contribution in [0.25, 0.3) is 0 Å². The van der Waals surface area contributed by atoms with E-state index in [-0.39, 0.29) is 16.7 Å². The first kappa shape index (κ1) is 14.8. The van der Waals surface area contributed by atoms with Crippen LogP contribution in [0, 0.1) is 5.82 Å². The molecule has 0 radical (unpaired) electrons. The molecule has 1 amide bonds. The summed E-state index contributed by atoms with van der Waals surface area (Å²) in [6.07, 6.45) is 1.49. The summed E-state index contributed by atoms with van der Waals surface area (Å²) in [5, 5.41) is 10.9. The first-order chi connectivity index (χ1) is 9.56. The summed E-state index contributed by atoms with van der Waals surface area (Å²) in [5.74, 6) is -2.23. The second-order valence-electron chi connectivity index (χ2n) is 4.60. The van der Waals surface area contributed by atoms with Gasteiger partial charge in [0.1, 0.15) is 5.82 Å². The standard InChI is InChI=1S/C14H16FNO3S/c1-2-5-12-16(11(8-20-12)14(18)19)13(17)9-6-3-4-7-10(9)15/h3-4,6-7,11-12H,2,5,8H2,1H3,(H,18,19)/p-1/t11-,12+/m0/s1. The molecule has 1 aromatic rings. The van der Waals surface area contributed by atoms with Gasteiger partial charge in [-0.25, -0.2) is 4.39 Å². The van der Waals surface area contributed by atoms with E-state index >= 15 is 0 Å². The van der Waals surface area contributed by atoms with E-state index in [1.807, 2.05) is 6.92 Å². The minimum absolute atomic E-state index is 0.0950. The number of carbonyl (C=O) groups excluding carboxylic acids is 2. The van der Waals surface area contributed by atoms with E-state index < -0.39 is 23.7 Å². The van der Waals surface area contributed by atoms with Gasteiger partial charge in [-0.05, 0) is 18.6 Å². The van der Waals surface area contributed by atoms with Crippen molar-refractivity contribution in [1.29, 1.82) is 0 Å². The number of thioether (sulfide) groups is 1. The van der Waals surface area contributed by atoms with Gasteiger partial charge in [0.15, 0.2) is 0 Å². The minimum Gasteiger partial charge on any atom is -0.548 e. The molecule has 1 aliphatic heterocycles. The zero-order valence-electron chi connectivity index (χ0n) is 11.0. The Balaban J connectivity index is 2.32. The Morgan fingerprint density at radius 2 is 2.15 bits per heavy atom. The maximum absolute atomic E-state index is 13.7. The van der Waals surface area contributed by atoms with Gasteiger partial charge in [0.25, 0.3) is 5.91 Å². The molecule has 20 heavy (non-hydrogen) atoms. The van der Waals surface area contributed by atoms with E-state index in [9.17, 15) is 19.1 Å². The number of nitrogens with zero attached hydrogens (tertiary/aromatic N) is 1. The average Bonchev–Trinajstić information content (AvgIpc) is 2.83. The van der Waals surface area contributed by atoms with Gasteiger partial charge in [0.05, 0.1) is 22.9 Å². The summed E-state index contributed by atoms with van der Waals surface area (Å²) in [7, 11) is 0. The van der Waals surface area contributed by atoms with Gasteiger partial charge >= 0.3 is 0 Å². The highest BCUT2D eigenvalue weighted by Crippen LogP contribution is 2.33. The molecule has 1 aromatic carbocycles. The van der Waals surface area contributed by atoms with E-state index in [0.29, 0.717) is 6.42 Å². The third-order valence-corrected chi connectivity index (χ3v) is 4.59. The van der Waals surface area contributed by atoms with Crippen molar-refractivity contribution in [3.8, 4) is 0 Å². The molecule has 2 atom stereocenters. The van der Waals surface area contributed by atoms with E-state index in [1.165, 1.54) is 34.9 Å². The van der Waals surface area contributed by atoms with Gasteiger partial charge in [-0.2, -0.15) is 0 Å². The molecule has 108 valence electrons. The first-order valence-electron chi connectivity index (χ1n) is 6.46. The van der Waals surface area contributed by atoms with Crippen LogP contribution >= 0.6 is 11.8 Å². The highest BCUT2D eigenvalue weighted by atomic mass is 32.2. The fourth-order valence-electron chi connectivity index (χ4n) is 2.26. The molecule has 2 rings (SSSR count). The van der Waals surface area contributed by atoms with E-state index in [2.05, 4.69) is 0 Å². The van der Waals surface area contributed by atoms with Gasteiger partial charge in [-0.3, -0.25) is 4.79 Å². The largest absolute Gasteiger partial charge is 0.548 e. The van der Waals surface area contributed by atoms with Crippen LogP contribution in [0.3, 0.4) is 0 Å². The smallest absolute Gasteiger partial charge is 0.258 e. The number of aliphatic carboxylic acids is 1. The topological polar surface area (TPSA) is 60.4 Å². The molecule has 1 aliphatic rings. The number of carbonyl (C=O) groups is 2. The van der Waals surface area contributed by atoms with E-state index in [4.69, 9.17) is 0 Å². The SMILES string of the molecule is CCC[C@H]1SC[C@@H](C(=O)[O-])N1C(=O)c1ccccc1F. The Bertz CT molecular complexity index is 523. The van der Waals surface area contributed by atoms with Crippen LogP contribution in [0.5, 0.6) is 0 Å². The van der Waals surface area contributed by atoms with Gasteiger partial charge in [-0.1, -0.05) is 25.5 Å². The molecule has 1 saturated heterocycles. The summed E-state index contributed by atoms with van der Waals surface area (Å²) in [6, 6.07) is 4.62. The van der Waals surface area contributed by atoms with Crippen LogP contribution in [-0.2, 0) is 4.79 Å². The number of hydrogen-bond donors (Lipinski definition) is 0. The number of carboxylic acid groups (broad SMARTS) is 1. The normalized spacial score (nSPS) is 22.0. The predicted molar refractivity (Wildman–Crippen MR) is 72.5 cm³/mol. The van der Waals surface area contributed by atoms with Gasteiger partial charge < -0.3 is 14.8 Å². The summed E-state index contributed by atoms with van der Waals surface area (Å²) in [4.78, 5) is 24.9. The van der Waals surface area contributed by atoms with Crippen LogP contribution in [0.2, 0.25) is 0 Å². The van der Waals surface area contributed by atoms with Crippen LogP contribution in [-0.4, -0.2) is 33.9 Å². The Labute approximate surface area is 121 Å². The Kier molecular flexibility index (Phi) is 4.65. The monoisotopic (exact) mass is 296 g/mol. The number of hydrogen-bond acceptors (Lipinski definition) is 4. The molecule has 4 nitrogen and oxygen atoms in total. The van der Waals surface area contributed by atoms with Crippen molar-refractivity contribution in [3.63, 3.8) is 0 Å². The van der Waals surface area contributed by atoms with Crippen molar-refractivity contribution < 1.29 is 19.1 Å². The molecule has 1 fully saturated rings. The number of carboxylic acids is 1. The molecule has 0 N–H and O–H groups in total. The second-order valence-corrected chi connectivity index (χ2v) is 5.81. The maximum atomic E-state index is 13.7. The second kappa shape index (κ2) is 6.26. The highest BCUT2D eigenvalue weighted by Gasteiger charge is 2.38. The molecule has 1 heterocycles. The lowest BCUT2D eigenvalue weighted by atomic mass is 10.1. The molecule has 0 aliphatic carbocycles. The molecule has 6 heteroatoms. The number of halogens is 1. The molecule has 0 aromatic heterocycles. The zero-order chi connectivity index (χ0) is 14.7. The number of rotatable bonds is 4. The van der Waals surface area contributed by atoms with Crippen LogP contribution < -0.4 is 5.11 Å². The van der Waals surface area contributed by atoms with Crippen molar-refractivity contribution in [2.75, 3.05) is 5.75 Å². The average molecular weight is 296 g/mol. The Hall–Kier alpha value is -1.56. The van der Waals surface area contributed by atoms with Crippen molar-refractivity contribution in [3.05, 3.63) is 35.6 Å². The summed E-state index contributed by atoms with van der Waals surface area (Å²) in [6.45, 7) is 1.96. The van der Waals surface area contributed by atoms with Crippen molar-refractivity contribution in [1.82, 2.24) is 4.90 Å². The lowest BCUT2D eigenvalue weighted by Crippen LogP contribution is -2.50. The molecular weight excluding hydrogens is 281 g/mol. The number of amides is 1. The van der Waals surface area contributed by atoms with Crippen molar-refractivity contribution in [2.45, 2.75) is 31.2 Å². The lowest BCUT2D eigenvalue weighted by molar-refractivity contribution is -0.310. The third kappa shape index (κ3) is 2.80. The summed E-state index contributed by atoms with van der Waals surface area (Å²) in [5.41, 5.74) is -0.0950. The molecule has 0 unspecified atom stereocenters. The van der Waals surface area contributed by atoms with Crippen molar-refractivity contribution >= 4 is 23.6 Å². The summed E-state index contributed by atoms with van der Waals surface area (Å²) >= 11 is 1.40. The first-order valence-corrected chi connectivity index (χ1v) is 7.50. The summed E-state index contributed by atoms with van der Waals surface area (Å²) < 4.78 is 13.7. The van der Waals surface area contributed by atoms with E-state index in [1.54, 1.807) is 6.07 Å². The van der Waals surface area contributed by atoms with Crippen LogP contribution in [0.15, 0.2) is 24.3 Å². The van der Waals surface area contributed by atoms with Crippen molar-refractivity contribution in [2.24, 2.45) is 0 Å². The molecule has 0 bridgehead atoms. The fraction of sp³-hybridized carbons (Fsp3) is 0.429. The van der Waals surface area contributed by atoms with Gasteiger partial charge in [0.2, 0.25) is 0 Å². The third-order valence-electron chi connectivity index (χ3n) is 3.24. The quantitative estimate of drug-likeness (QED) is 0.839. The van der Waals surface area contributed by atoms with Gasteiger partial charge in [0, 0.05) is 5.75 Å². The molecule has 0 saturated carbocycles. The zero-order valence-corrected chi connectivity index (χ0v) is 11.9. The Morgan fingerprint density at radius 1 is 1.45 bits per heavy atom.